The fourth-order valence-electron chi connectivity index (χ4n) is 14.2. The van der Waals surface area contributed by atoms with E-state index >= 15 is 0 Å². The SMILES string of the molecule is C.C.CNc1cc(C)nc(Cl)n1.CNc1cc(C)nc(Nc2ccc(OC)c(CNCCN3CCCC3)c2)n1.CO.COc1ccc(N)cc1CNCCN1CCCC1.COc1ccc([N+](=O)[O-])cc1C=O.COc1ccc([N+](=O)[O-])cc1CNCCN1CCCC1.COc1ccc([N+](=O)[O-])cc1CNCCN1CCCC1.NCCN1CCCC1.O=Cc1cc([N+](=O)[O-])ccc1O.[2H]CC.[2H]CF. The number of ether oxygens (including phenoxy) is 5. The van der Waals surface area contributed by atoms with Gasteiger partial charge in [0.15, 0.2) is 12.6 Å². The van der Waals surface area contributed by atoms with Crippen molar-refractivity contribution in [2.24, 2.45) is 5.73 Å². The topological polar surface area (TPSA) is 497 Å². The van der Waals surface area contributed by atoms with Crippen molar-refractivity contribution in [2.45, 2.75) is 133 Å². The molecule has 5 fully saturated rings. The van der Waals surface area contributed by atoms with Crippen molar-refractivity contribution in [1.82, 2.24) is 65.7 Å². The summed E-state index contributed by atoms with van der Waals surface area (Å²) in [6, 6.07) is 32.0. The molecule has 8 aromatic rings. The van der Waals surface area contributed by atoms with Crippen molar-refractivity contribution >= 4 is 75.9 Å². The van der Waals surface area contributed by atoms with Crippen LogP contribution in [0.5, 0.6) is 34.5 Å². The average molecular weight is 1930 g/mol. The maximum Gasteiger partial charge on any atom is 0.270 e. The minimum absolute atomic E-state index is 0. The number of nitro benzene ring substituents is 4. The van der Waals surface area contributed by atoms with Crippen molar-refractivity contribution in [3.8, 4) is 34.5 Å². The Morgan fingerprint density at radius 2 is 0.757 bits per heavy atom. The van der Waals surface area contributed by atoms with Crippen LogP contribution in [-0.4, -0.2) is 282 Å². The van der Waals surface area contributed by atoms with Crippen LogP contribution in [0.2, 0.25) is 5.28 Å². The highest BCUT2D eigenvalue weighted by molar-refractivity contribution is 6.28. The van der Waals surface area contributed by atoms with Gasteiger partial charge in [-0.3, -0.25) is 54.4 Å². The van der Waals surface area contributed by atoms with Crippen LogP contribution in [0, 0.1) is 54.3 Å². The van der Waals surface area contributed by atoms with Gasteiger partial charge in [-0.2, -0.15) is 4.98 Å². The second kappa shape index (κ2) is 72.6. The highest BCUT2D eigenvalue weighted by atomic mass is 35.5. The van der Waals surface area contributed by atoms with Gasteiger partial charge in [-0.1, -0.05) is 28.7 Å². The monoisotopic (exact) mass is 1930 g/mol. The molecule has 13 N–H and O–H groups in total. The Hall–Kier alpha value is -11.8. The molecule has 0 radical (unpaired) electrons. The maximum absolute atomic E-state index is 10.8. The molecule has 0 amide bonds. The highest BCUT2D eigenvalue weighted by Gasteiger charge is 2.20. The fourth-order valence-corrected chi connectivity index (χ4v) is 14.5. The number of anilines is 5. The summed E-state index contributed by atoms with van der Waals surface area (Å²) in [6.45, 7) is 31.1. The molecule has 0 spiro atoms. The third kappa shape index (κ3) is 47.6. The third-order valence-electron chi connectivity index (χ3n) is 21.0. The lowest BCUT2D eigenvalue weighted by atomic mass is 10.1. The zero-order chi connectivity index (χ0) is 100. The van der Waals surface area contributed by atoms with Crippen LogP contribution < -0.4 is 72.4 Å². The number of phenolic OH excluding ortho intramolecular Hbond substituents is 1. The van der Waals surface area contributed by atoms with Crippen molar-refractivity contribution in [1.29, 1.82) is 0 Å². The highest BCUT2D eigenvalue weighted by Crippen LogP contribution is 2.30. The number of likely N-dealkylation sites (tertiary alicyclic amines) is 5. The van der Waals surface area contributed by atoms with E-state index in [2.05, 4.69) is 87.7 Å². The number of carbonyl (C=O) groups is 2. The predicted octanol–water partition coefficient (Wildman–Crippen LogP) is 14.3. The van der Waals surface area contributed by atoms with E-state index in [4.69, 9.17) is 59.7 Å². The Kier molecular flexibility index (Phi) is 63.2. The molecule has 756 valence electrons. The lowest BCUT2D eigenvalue weighted by molar-refractivity contribution is -0.385. The average Bonchev–Trinajstić information content (AvgIpc) is 0.967. The molecule has 41 heteroatoms. The first-order valence-corrected chi connectivity index (χ1v) is 44.7. The number of nitrogens with two attached hydrogens (primary N) is 2. The summed E-state index contributed by atoms with van der Waals surface area (Å²) < 4.78 is 47.8. The van der Waals surface area contributed by atoms with Gasteiger partial charge < -0.3 is 107 Å². The number of carbonyl (C=O) groups excluding carboxylic acids is 2. The van der Waals surface area contributed by atoms with E-state index in [0.717, 1.165) is 172 Å². The summed E-state index contributed by atoms with van der Waals surface area (Å²) in [6.07, 6.45) is 14.2. The van der Waals surface area contributed by atoms with E-state index in [0.29, 0.717) is 55.8 Å². The quantitative estimate of drug-likeness (QED) is 0.00430. The minimum atomic E-state index is -1.00. The van der Waals surface area contributed by atoms with E-state index in [1.165, 1.54) is 167 Å². The van der Waals surface area contributed by atoms with Crippen molar-refractivity contribution in [3.05, 3.63) is 212 Å². The summed E-state index contributed by atoms with van der Waals surface area (Å²) in [5, 5.41) is 81.2. The third-order valence-corrected chi connectivity index (χ3v) is 21.2. The fraction of sp³-hybridized carbons (Fsp3) is 0.516. The van der Waals surface area contributed by atoms with Gasteiger partial charge in [0.05, 0.1) is 74.9 Å². The smallest absolute Gasteiger partial charge is 0.270 e. The molecule has 0 aliphatic carbocycles. The summed E-state index contributed by atoms with van der Waals surface area (Å²) >= 11 is 5.57. The van der Waals surface area contributed by atoms with E-state index in [1.807, 2.05) is 63.4 Å². The molecule has 0 bridgehead atoms. The summed E-state index contributed by atoms with van der Waals surface area (Å²) in [5.74, 6) is 5.36. The molecule has 0 saturated carbocycles. The number of hydrogen-bond donors (Lipinski definition) is 11. The second-order valence-electron chi connectivity index (χ2n) is 30.3. The number of rotatable bonds is 37. The van der Waals surface area contributed by atoms with Crippen molar-refractivity contribution in [3.63, 3.8) is 0 Å². The van der Waals surface area contributed by atoms with Crippen molar-refractivity contribution in [2.75, 3.05) is 216 Å². The number of aldehydes is 2. The number of aryl methyl sites for hydroxylation is 2. The molecule has 2 aromatic heterocycles. The van der Waals surface area contributed by atoms with Gasteiger partial charge in [0.25, 0.3) is 22.7 Å². The van der Waals surface area contributed by atoms with Gasteiger partial charge in [0, 0.05) is 220 Å². The van der Waals surface area contributed by atoms with Gasteiger partial charge in [-0.05, 0) is 216 Å². The first-order valence-electron chi connectivity index (χ1n) is 45.8. The molecule has 5 aliphatic heterocycles. The Bertz CT molecular complexity index is 4650. The van der Waals surface area contributed by atoms with Crippen LogP contribution in [0.4, 0.5) is 56.1 Å². The largest absolute Gasteiger partial charge is 0.507 e. The molecule has 5 aliphatic rings. The van der Waals surface area contributed by atoms with E-state index in [-0.39, 0.29) is 69.6 Å². The lowest BCUT2D eigenvalue weighted by Crippen LogP contribution is -2.29. The number of aliphatic hydroxyl groups excluding tert-OH is 1. The normalized spacial score (nSPS) is 13.6. The van der Waals surface area contributed by atoms with Gasteiger partial charge in [0.1, 0.15) is 46.1 Å². The summed E-state index contributed by atoms with van der Waals surface area (Å²) in [5.41, 5.74) is 18.5. The number of nitrogens with one attached hydrogen (secondary N) is 7. The van der Waals surface area contributed by atoms with Crippen LogP contribution in [0.3, 0.4) is 0 Å². The number of phenols is 1. The number of non-ortho nitro benzene ring substituents is 4. The number of alkyl halides is 1. The molecular weight excluding hydrogens is 1780 g/mol. The number of benzene rings is 6. The molecular formula is C95H150ClFN22O17. The number of halogens is 2. The number of aromatic hydroxyl groups is 1. The van der Waals surface area contributed by atoms with Gasteiger partial charge >= 0.3 is 0 Å². The predicted molar refractivity (Wildman–Crippen MR) is 540 cm³/mol. The molecule has 0 atom stereocenters. The van der Waals surface area contributed by atoms with Crippen molar-refractivity contribution < 1.29 is 70.3 Å². The zero-order valence-corrected chi connectivity index (χ0v) is 80.2. The first-order chi connectivity index (χ1) is 65.7. The number of aromatic nitrogens is 4. The summed E-state index contributed by atoms with van der Waals surface area (Å²) in [4.78, 5) is 89.8. The Balaban J connectivity index is 0.000000794. The van der Waals surface area contributed by atoms with E-state index in [1.54, 1.807) is 66.7 Å². The van der Waals surface area contributed by atoms with E-state index in [9.17, 15) is 54.4 Å². The molecule has 136 heavy (non-hydrogen) atoms. The van der Waals surface area contributed by atoms with Crippen LogP contribution in [0.25, 0.3) is 0 Å². The van der Waals surface area contributed by atoms with Gasteiger partial charge in [0.2, 0.25) is 11.2 Å². The van der Waals surface area contributed by atoms with Crippen LogP contribution >= 0.6 is 11.6 Å². The Morgan fingerprint density at radius 3 is 1.10 bits per heavy atom. The number of nitrogen functional groups attached to an aromatic ring is 1. The number of nitrogens with zero attached hydrogens (tertiary/aromatic N) is 13. The zero-order valence-electron chi connectivity index (χ0n) is 81.4. The number of nitro groups is 4. The molecule has 39 nitrogen and oxygen atoms in total. The van der Waals surface area contributed by atoms with Crippen LogP contribution in [0.1, 0.15) is 150 Å². The summed E-state index contributed by atoms with van der Waals surface area (Å²) in [7, 11) is 11.6. The van der Waals surface area contributed by atoms with Crippen LogP contribution in [0.15, 0.2) is 121 Å². The number of aliphatic hydroxyl groups is 1. The molecule has 7 heterocycles. The minimum Gasteiger partial charge on any atom is -0.507 e. The molecule has 5 saturated heterocycles. The Morgan fingerprint density at radius 1 is 0.456 bits per heavy atom. The Labute approximate surface area is 809 Å². The first kappa shape index (κ1) is 118. The second-order valence-corrected chi connectivity index (χ2v) is 30.6. The van der Waals surface area contributed by atoms with Gasteiger partial charge in [-0.15, -0.1) is 0 Å². The van der Waals surface area contributed by atoms with Crippen LogP contribution in [-0.2, 0) is 26.2 Å². The van der Waals surface area contributed by atoms with E-state index < -0.39 is 17.0 Å². The standard InChI is InChI=1S/C20H30N6O.2C14H21N3O3.C14H23N3O.C8H7NO4.C7H5NO4.C6H8ClN3.C6H14N2.C2H6.CH3F.CH4O.2CH4/c1-15-12-19(21-2)25-20(23-15)24-17-6-7-18(27-3)16(13-17)14-22-8-11-26-9-4-5-10-26;2*1-20-14-5-4-13(17(18)19)10-12(14)11-15-6-9-16-7-2-3-8-16;1-18-14-5-4-13(15)10-12(14)11-16-6-9-17-7-2-3-8-17;1-13-8-3-2-7(9(11)12)4-6(8)5-10;9-4-5-3-6(8(11)12)1-2-7(5)10;1-4-3-5(8-2)10-6(7)9-4;7-3-6-8-4-1-2-5-8;3*1-2;;/h6-7,12-13,22H,4-5,8-11,14H2,1-3H3,(H2,21,23,24,25);2*4-5,10,15H,2-3,6-9,11H2,1H3;4-5,10,16H,2-3,6-9,11,15H2,1H3;2-5H,1H3;1-4,10H;3H,1-2H3,(H,8,9,10);1-7H2;1-2H3;1H3;2H,1H3;2*1H4/i;;;;;;;;2*1D;;;. The maximum atomic E-state index is 10.8. The lowest BCUT2D eigenvalue weighted by Gasteiger charge is -2.16. The van der Waals surface area contributed by atoms with Gasteiger partial charge in [-0.25, -0.2) is 15.0 Å². The number of methoxy groups -OCH3 is 5. The molecule has 13 rings (SSSR count). The molecule has 6 aromatic carbocycles. The molecule has 0 unspecified atom stereocenters. The number of hydrogen-bond acceptors (Lipinski definition) is 35.